The lowest BCUT2D eigenvalue weighted by molar-refractivity contribution is 0.979. The van der Waals surface area contributed by atoms with E-state index < -0.39 is 0 Å². The van der Waals surface area contributed by atoms with Crippen LogP contribution in [0.5, 0.6) is 0 Å². The summed E-state index contributed by atoms with van der Waals surface area (Å²) in [6, 6.07) is 143. The van der Waals surface area contributed by atoms with Gasteiger partial charge in [-0.05, 0) is 201 Å². The fraction of sp³-hybridized carbons (Fsp3) is 0. The van der Waals surface area contributed by atoms with Gasteiger partial charge in [-0.2, -0.15) is 0 Å². The van der Waals surface area contributed by atoms with E-state index in [1.54, 1.807) is 0 Å². The first-order valence-corrected chi connectivity index (χ1v) is 39.4. The predicted octanol–water partition coefficient (Wildman–Crippen LogP) is 26.8. The summed E-state index contributed by atoms with van der Waals surface area (Å²) in [6.45, 7) is 0. The second-order valence-corrected chi connectivity index (χ2v) is 30.1. The van der Waals surface area contributed by atoms with Crippen molar-refractivity contribution in [3.05, 3.63) is 400 Å². The third-order valence-electron chi connectivity index (χ3n) is 23.7. The van der Waals surface area contributed by atoms with E-state index in [-0.39, 0.29) is 0 Å². The number of imidazole rings is 2. The SMILES string of the molecule is c1ccc(-c2ccc(-n3c4ccccc4c4cc(-c5ccc(-c6ccc7c(c6)c6ccccc6n7-c6nc7ccccc7c7nc8ccccc8n67)cc5)ccc43)cc2)cc1.c1ccc(-n2c3ccccc3c3ccc(-c4cccc(-c5ccc6c(c5)c5ccccc5n6-c5nc6ccccc6c6nc7ccccc7n56)c4)cc32)cc1. The second kappa shape index (κ2) is 25.9. The normalized spacial score (nSPS) is 12.0. The van der Waals surface area contributed by atoms with Gasteiger partial charge in [0.2, 0.25) is 11.9 Å². The van der Waals surface area contributed by atoms with E-state index in [2.05, 4.69) is 403 Å². The van der Waals surface area contributed by atoms with Gasteiger partial charge < -0.3 is 9.13 Å². The third kappa shape index (κ3) is 10.2. The van der Waals surface area contributed by atoms with Crippen molar-refractivity contribution in [1.29, 1.82) is 0 Å². The fourth-order valence-corrected chi connectivity index (χ4v) is 18.3. The molecule has 8 heterocycles. The van der Waals surface area contributed by atoms with E-state index in [0.717, 1.165) is 101 Å². The van der Waals surface area contributed by atoms with Gasteiger partial charge in [0.05, 0.1) is 77.2 Å². The zero-order valence-electron chi connectivity index (χ0n) is 62.6. The highest BCUT2D eigenvalue weighted by molar-refractivity contribution is 6.15. The van der Waals surface area contributed by atoms with Gasteiger partial charge in [-0.25, -0.2) is 19.9 Å². The highest BCUT2D eigenvalue weighted by Crippen LogP contribution is 2.43. The van der Waals surface area contributed by atoms with Gasteiger partial charge in [0, 0.05) is 65.2 Å². The van der Waals surface area contributed by atoms with Crippen molar-refractivity contribution in [3.8, 4) is 78.9 Å². The summed E-state index contributed by atoms with van der Waals surface area (Å²) in [6.07, 6.45) is 0. The smallest absolute Gasteiger partial charge is 0.221 e. The van der Waals surface area contributed by atoms with Crippen molar-refractivity contribution in [1.82, 2.24) is 47.0 Å². The van der Waals surface area contributed by atoms with Gasteiger partial charge in [-0.1, -0.05) is 255 Å². The molecule has 0 fully saturated rings. The van der Waals surface area contributed by atoms with Crippen LogP contribution in [0.4, 0.5) is 0 Å². The first-order valence-electron chi connectivity index (χ1n) is 39.4. The highest BCUT2D eigenvalue weighted by atomic mass is 15.2. The van der Waals surface area contributed by atoms with Gasteiger partial charge in [0.25, 0.3) is 0 Å². The summed E-state index contributed by atoms with van der Waals surface area (Å²) in [5.74, 6) is 1.65. The molecule has 17 aromatic carbocycles. The molecule has 0 aliphatic heterocycles. The molecule has 0 amide bonds. The maximum atomic E-state index is 5.34. The summed E-state index contributed by atoms with van der Waals surface area (Å²) in [5.41, 5.74) is 31.0. The Morgan fingerprint density at radius 3 is 0.914 bits per heavy atom. The zero-order chi connectivity index (χ0) is 76.1. The molecule has 0 bridgehead atoms. The van der Waals surface area contributed by atoms with Crippen molar-refractivity contribution in [2.24, 2.45) is 0 Å². The summed E-state index contributed by atoms with van der Waals surface area (Å²) in [7, 11) is 0. The Kier molecular flexibility index (Phi) is 14.5. The number of para-hydroxylation sites is 11. The van der Waals surface area contributed by atoms with E-state index in [9.17, 15) is 0 Å². The number of rotatable bonds is 9. The number of hydrogen-bond acceptors (Lipinski definition) is 4. The predicted molar refractivity (Wildman–Crippen MR) is 481 cm³/mol. The Hall–Kier alpha value is -15.8. The maximum absolute atomic E-state index is 5.34. The molecule has 10 nitrogen and oxygen atoms in total. The lowest BCUT2D eigenvalue weighted by Crippen LogP contribution is -2.06. The van der Waals surface area contributed by atoms with E-state index in [1.807, 2.05) is 24.3 Å². The molecule has 540 valence electrons. The summed E-state index contributed by atoms with van der Waals surface area (Å²) in [5, 5.41) is 11.8. The van der Waals surface area contributed by atoms with Crippen LogP contribution in [0, 0.1) is 0 Å². The molecule has 116 heavy (non-hydrogen) atoms. The zero-order valence-corrected chi connectivity index (χ0v) is 62.6. The molecule has 0 radical (unpaired) electrons. The average Bonchev–Trinajstić information content (AvgIpc) is 1.50. The topological polar surface area (TPSA) is 80.1 Å². The Morgan fingerprint density at radius 1 is 0.147 bits per heavy atom. The highest BCUT2D eigenvalue weighted by Gasteiger charge is 2.25. The Balaban J connectivity index is 0.000000134. The van der Waals surface area contributed by atoms with Crippen LogP contribution < -0.4 is 0 Å². The number of benzene rings is 17. The van der Waals surface area contributed by atoms with E-state index in [1.165, 1.54) is 121 Å². The van der Waals surface area contributed by atoms with Crippen LogP contribution in [0.25, 0.3) is 221 Å². The minimum atomic E-state index is 0.826. The number of nitrogens with zero attached hydrogens (tertiary/aromatic N) is 10. The first kappa shape index (κ1) is 65.0. The van der Waals surface area contributed by atoms with Crippen molar-refractivity contribution in [2.45, 2.75) is 0 Å². The molecule has 10 heteroatoms. The minimum absolute atomic E-state index is 0.826. The molecule has 0 spiro atoms. The quantitative estimate of drug-likeness (QED) is 0.144. The van der Waals surface area contributed by atoms with Crippen LogP contribution >= 0.6 is 0 Å². The average molecular weight is 1480 g/mol. The first-order chi connectivity index (χ1) is 57.5. The number of hydrogen-bond donors (Lipinski definition) is 0. The second-order valence-electron chi connectivity index (χ2n) is 30.1. The van der Waals surface area contributed by atoms with Gasteiger partial charge >= 0.3 is 0 Å². The van der Waals surface area contributed by atoms with Crippen molar-refractivity contribution in [3.63, 3.8) is 0 Å². The monoisotopic (exact) mass is 1480 g/mol. The number of fused-ring (bicyclic) bond motifs is 22. The molecule has 0 atom stereocenters. The molecule has 0 saturated carbocycles. The fourth-order valence-electron chi connectivity index (χ4n) is 18.3. The molecular weight excluding hydrogens is 1410 g/mol. The molecule has 25 rings (SSSR count). The molecule has 0 N–H and O–H groups in total. The van der Waals surface area contributed by atoms with Crippen LogP contribution in [0.1, 0.15) is 0 Å². The van der Waals surface area contributed by atoms with Gasteiger partial charge in [0.1, 0.15) is 11.3 Å². The van der Waals surface area contributed by atoms with Crippen LogP contribution in [-0.2, 0) is 0 Å². The van der Waals surface area contributed by atoms with Crippen molar-refractivity contribution < 1.29 is 0 Å². The molecule has 0 saturated heterocycles. The molecule has 0 aliphatic rings. The standard InChI is InChI=1S/C56H35N5.C50H31N5/c1-2-12-36(13-3-1)37-26-30-42(31-27-37)59-50-19-9-5-14-43(50)46-34-40(28-32-52(46)59)38-22-24-39(25-23-38)41-29-33-53-47(35-41)44-15-6-10-20-51(44)60(53)56-58-48-17-7-4-16-45(48)55-57-49-18-8-11-21-54(49)61(55)56;1-2-15-36(16-3-1)53-44-22-9-5-17-37(44)39-27-25-35(31-48(39)53)33-14-12-13-32(29-33)34-26-28-46-41(30-34)38-18-6-10-23-45(38)54(46)50-52-42-20-7-4-19-40(42)49-51-43-21-8-11-24-47(43)55(49)50/h1-35H;1-31H. The Morgan fingerprint density at radius 2 is 0.431 bits per heavy atom. The van der Waals surface area contributed by atoms with E-state index in [0.29, 0.717) is 0 Å². The minimum Gasteiger partial charge on any atom is -0.309 e. The lowest BCUT2D eigenvalue weighted by atomic mass is 9.97. The van der Waals surface area contributed by atoms with Gasteiger partial charge in [-0.3, -0.25) is 17.9 Å². The summed E-state index contributed by atoms with van der Waals surface area (Å²) in [4.78, 5) is 20.9. The molecular formula is C106H66N10. The molecule has 0 aliphatic carbocycles. The maximum Gasteiger partial charge on any atom is 0.221 e. The van der Waals surface area contributed by atoms with Gasteiger partial charge in [0.15, 0.2) is 0 Å². The third-order valence-corrected chi connectivity index (χ3v) is 23.7. The van der Waals surface area contributed by atoms with Crippen molar-refractivity contribution in [2.75, 3.05) is 0 Å². The summed E-state index contributed by atoms with van der Waals surface area (Å²) < 4.78 is 13.8. The Labute approximate surface area is 664 Å². The Bertz CT molecular complexity index is 8320. The van der Waals surface area contributed by atoms with Crippen LogP contribution in [-0.4, -0.2) is 47.0 Å². The van der Waals surface area contributed by atoms with Gasteiger partial charge in [-0.15, -0.1) is 0 Å². The van der Waals surface area contributed by atoms with E-state index in [4.69, 9.17) is 19.9 Å². The summed E-state index contributed by atoms with van der Waals surface area (Å²) >= 11 is 0. The van der Waals surface area contributed by atoms with E-state index >= 15 is 0 Å². The van der Waals surface area contributed by atoms with Crippen LogP contribution in [0.15, 0.2) is 400 Å². The molecule has 25 aromatic rings. The van der Waals surface area contributed by atoms with Crippen LogP contribution in [0.3, 0.4) is 0 Å². The molecule has 8 aromatic heterocycles. The largest absolute Gasteiger partial charge is 0.309 e. The lowest BCUT2D eigenvalue weighted by Gasteiger charge is -2.12. The number of aromatic nitrogens is 10. The van der Waals surface area contributed by atoms with Crippen LogP contribution in [0.2, 0.25) is 0 Å². The molecule has 0 unspecified atom stereocenters. The van der Waals surface area contributed by atoms with Crippen molar-refractivity contribution >= 4 is 142 Å².